The van der Waals surface area contributed by atoms with Crippen LogP contribution in [0.1, 0.15) is 40.6 Å². The Hall–Kier alpha value is -2.34. The van der Waals surface area contributed by atoms with E-state index < -0.39 is 6.04 Å². The molecule has 2 aliphatic rings. The molecule has 148 valence electrons. The highest BCUT2D eigenvalue weighted by Gasteiger charge is 2.44. The van der Waals surface area contributed by atoms with E-state index in [0.29, 0.717) is 45.3 Å². The number of carbonyl (C=O) groups is 1. The summed E-state index contributed by atoms with van der Waals surface area (Å²) in [5.41, 5.74) is 1.25. The van der Waals surface area contributed by atoms with Gasteiger partial charge in [-0.1, -0.05) is 41.4 Å². The van der Waals surface area contributed by atoms with Crippen molar-refractivity contribution in [2.75, 3.05) is 13.2 Å². The van der Waals surface area contributed by atoms with Gasteiger partial charge in [-0.15, -0.1) is 0 Å². The van der Waals surface area contributed by atoms with Crippen molar-refractivity contribution in [1.82, 2.24) is 4.90 Å². The third-order valence-electron chi connectivity index (χ3n) is 5.56. The molecule has 7 heteroatoms. The molecule has 1 fully saturated rings. The minimum absolute atomic E-state index is 0.0666. The highest BCUT2D eigenvalue weighted by Crippen LogP contribution is 2.40. The van der Waals surface area contributed by atoms with E-state index in [0.717, 1.165) is 12.8 Å². The Balaban J connectivity index is 1.71. The van der Waals surface area contributed by atoms with Gasteiger partial charge in [0.15, 0.2) is 5.43 Å². The van der Waals surface area contributed by atoms with Crippen LogP contribution in [0.25, 0.3) is 11.0 Å². The van der Waals surface area contributed by atoms with Crippen molar-refractivity contribution in [3.05, 3.63) is 79.6 Å². The van der Waals surface area contributed by atoms with E-state index in [1.807, 2.05) is 0 Å². The molecule has 2 aromatic carbocycles. The molecule has 0 N–H and O–H groups in total. The maximum atomic E-state index is 13.4. The molecule has 5 rings (SSSR count). The fourth-order valence-corrected chi connectivity index (χ4v) is 4.50. The Bertz CT molecular complexity index is 1180. The monoisotopic (exact) mass is 429 g/mol. The maximum Gasteiger partial charge on any atom is 0.291 e. The summed E-state index contributed by atoms with van der Waals surface area (Å²) in [5.74, 6) is -0.225. The molecular weight excluding hydrogens is 413 g/mol. The van der Waals surface area contributed by atoms with Crippen LogP contribution in [0.2, 0.25) is 10.0 Å². The molecule has 0 bridgehead atoms. The molecule has 29 heavy (non-hydrogen) atoms. The van der Waals surface area contributed by atoms with Crippen molar-refractivity contribution < 1.29 is 13.9 Å². The van der Waals surface area contributed by atoms with Crippen molar-refractivity contribution in [2.24, 2.45) is 0 Å². The number of nitrogens with zero attached hydrogens (tertiary/aromatic N) is 1. The van der Waals surface area contributed by atoms with Gasteiger partial charge < -0.3 is 14.1 Å². The molecule has 3 aromatic rings. The predicted octanol–water partition coefficient (Wildman–Crippen LogP) is 4.82. The minimum Gasteiger partial charge on any atom is -0.450 e. The number of rotatable bonds is 3. The summed E-state index contributed by atoms with van der Waals surface area (Å²) in [6.45, 7) is 1.06. The van der Waals surface area contributed by atoms with Crippen LogP contribution in [0.15, 0.2) is 51.7 Å². The van der Waals surface area contributed by atoms with Crippen LogP contribution in [0.4, 0.5) is 0 Å². The third kappa shape index (κ3) is 3.05. The van der Waals surface area contributed by atoms with Gasteiger partial charge in [-0.3, -0.25) is 9.59 Å². The van der Waals surface area contributed by atoms with Crippen LogP contribution >= 0.6 is 23.2 Å². The summed E-state index contributed by atoms with van der Waals surface area (Å²) in [6, 6.07) is 11.5. The molecule has 3 heterocycles. The fourth-order valence-electron chi connectivity index (χ4n) is 4.19. The standard InChI is InChI=1S/C22H17Cl2NO4/c23-15-8-7-12(10-16(15)24)19-18-20(26)14-5-1-2-6-17(14)29-21(18)22(27)25(19)11-13-4-3-9-28-13/h1-2,5-8,10,13,19H,3-4,9,11H2/t13-,19+/m1/s1. The number of ether oxygens (including phenoxy) is 1. The van der Waals surface area contributed by atoms with Crippen LogP contribution in [0, 0.1) is 0 Å². The summed E-state index contributed by atoms with van der Waals surface area (Å²) < 4.78 is 11.7. The lowest BCUT2D eigenvalue weighted by atomic mass is 9.98. The molecule has 0 saturated carbocycles. The zero-order valence-corrected chi connectivity index (χ0v) is 16.9. The van der Waals surface area contributed by atoms with Crippen LogP contribution in [0.5, 0.6) is 0 Å². The number of benzene rings is 2. The van der Waals surface area contributed by atoms with Crippen molar-refractivity contribution in [3.63, 3.8) is 0 Å². The first-order chi connectivity index (χ1) is 14.0. The second kappa shape index (κ2) is 7.17. The van der Waals surface area contributed by atoms with Gasteiger partial charge in [-0.05, 0) is 42.7 Å². The summed E-state index contributed by atoms with van der Waals surface area (Å²) in [5, 5.41) is 1.23. The Labute approximate surface area is 176 Å². The number of halogens is 2. The molecule has 0 unspecified atom stereocenters. The summed E-state index contributed by atoms with van der Waals surface area (Å²) in [7, 11) is 0. The second-order valence-electron chi connectivity index (χ2n) is 7.34. The highest BCUT2D eigenvalue weighted by molar-refractivity contribution is 6.42. The Morgan fingerprint density at radius 1 is 1.07 bits per heavy atom. The third-order valence-corrected chi connectivity index (χ3v) is 6.30. The van der Waals surface area contributed by atoms with E-state index in [4.69, 9.17) is 32.4 Å². The van der Waals surface area contributed by atoms with Gasteiger partial charge in [0.1, 0.15) is 5.58 Å². The first-order valence-electron chi connectivity index (χ1n) is 9.48. The predicted molar refractivity (Wildman–Crippen MR) is 111 cm³/mol. The van der Waals surface area contributed by atoms with E-state index in [-0.39, 0.29) is 23.2 Å². The van der Waals surface area contributed by atoms with Gasteiger partial charge in [0.25, 0.3) is 5.91 Å². The lowest BCUT2D eigenvalue weighted by Crippen LogP contribution is -2.36. The van der Waals surface area contributed by atoms with Crippen molar-refractivity contribution in [3.8, 4) is 0 Å². The van der Waals surface area contributed by atoms with Gasteiger partial charge in [0.2, 0.25) is 5.76 Å². The number of amides is 1. The van der Waals surface area contributed by atoms with Gasteiger partial charge in [-0.25, -0.2) is 0 Å². The van der Waals surface area contributed by atoms with Gasteiger partial charge in [0, 0.05) is 13.2 Å². The topological polar surface area (TPSA) is 59.8 Å². The Morgan fingerprint density at radius 3 is 2.66 bits per heavy atom. The molecule has 5 nitrogen and oxygen atoms in total. The van der Waals surface area contributed by atoms with Gasteiger partial charge in [0.05, 0.1) is 33.1 Å². The Morgan fingerprint density at radius 2 is 1.90 bits per heavy atom. The van der Waals surface area contributed by atoms with E-state index >= 15 is 0 Å². The fraction of sp³-hybridized carbons (Fsp3) is 0.273. The second-order valence-corrected chi connectivity index (χ2v) is 8.15. The van der Waals surface area contributed by atoms with Crippen molar-refractivity contribution >= 4 is 40.1 Å². The molecule has 1 amide bonds. The zero-order valence-electron chi connectivity index (χ0n) is 15.4. The highest BCUT2D eigenvalue weighted by atomic mass is 35.5. The molecule has 1 aromatic heterocycles. The first-order valence-corrected chi connectivity index (χ1v) is 10.2. The number of hydrogen-bond acceptors (Lipinski definition) is 4. The molecule has 0 radical (unpaired) electrons. The van der Waals surface area contributed by atoms with Crippen LogP contribution in [-0.2, 0) is 4.74 Å². The van der Waals surface area contributed by atoms with E-state index in [2.05, 4.69) is 0 Å². The molecule has 1 saturated heterocycles. The lowest BCUT2D eigenvalue weighted by Gasteiger charge is -2.27. The Kier molecular flexibility index (Phi) is 4.62. The maximum absolute atomic E-state index is 13.4. The zero-order chi connectivity index (χ0) is 20.1. The van der Waals surface area contributed by atoms with Gasteiger partial charge in [-0.2, -0.15) is 0 Å². The van der Waals surface area contributed by atoms with Crippen molar-refractivity contribution in [2.45, 2.75) is 25.0 Å². The normalized spacial score (nSPS) is 21.2. The summed E-state index contributed by atoms with van der Waals surface area (Å²) in [4.78, 5) is 28.3. The SMILES string of the molecule is O=C1c2oc3ccccc3c(=O)c2[C@H](c2ccc(Cl)c(Cl)c2)N1C[C@H]1CCCO1. The van der Waals surface area contributed by atoms with E-state index in [1.165, 1.54) is 0 Å². The van der Waals surface area contributed by atoms with E-state index in [9.17, 15) is 9.59 Å². The first kappa shape index (κ1) is 18.7. The molecular formula is C22H17Cl2NO4. The number of fused-ring (bicyclic) bond motifs is 2. The van der Waals surface area contributed by atoms with Gasteiger partial charge >= 0.3 is 0 Å². The lowest BCUT2D eigenvalue weighted by molar-refractivity contribution is 0.0486. The molecule has 0 aliphatic carbocycles. The summed E-state index contributed by atoms with van der Waals surface area (Å²) >= 11 is 12.3. The quantitative estimate of drug-likeness (QED) is 0.598. The molecule has 2 aliphatic heterocycles. The molecule has 0 spiro atoms. The van der Waals surface area contributed by atoms with Crippen LogP contribution in [-0.4, -0.2) is 30.1 Å². The number of carbonyl (C=O) groups excluding carboxylic acids is 1. The van der Waals surface area contributed by atoms with Crippen molar-refractivity contribution in [1.29, 1.82) is 0 Å². The average molecular weight is 430 g/mol. The largest absolute Gasteiger partial charge is 0.450 e. The molecule has 2 atom stereocenters. The average Bonchev–Trinajstić information content (AvgIpc) is 3.32. The van der Waals surface area contributed by atoms with E-state index in [1.54, 1.807) is 47.4 Å². The number of hydrogen-bond donors (Lipinski definition) is 0. The minimum atomic E-state index is -0.600. The number of para-hydroxylation sites is 1. The smallest absolute Gasteiger partial charge is 0.291 e. The summed E-state index contributed by atoms with van der Waals surface area (Å²) in [6.07, 6.45) is 1.76. The van der Waals surface area contributed by atoms with Crippen LogP contribution in [0.3, 0.4) is 0 Å². The van der Waals surface area contributed by atoms with Crippen LogP contribution < -0.4 is 5.43 Å².